The number of fused-ring (bicyclic) bond motifs is 3. The monoisotopic (exact) mass is 462 g/mol. The molecule has 0 unspecified atom stereocenters. The van der Waals surface area contributed by atoms with Gasteiger partial charge in [-0.2, -0.15) is 4.98 Å². The Hall–Kier alpha value is -4.67. The molecule has 0 aliphatic carbocycles. The van der Waals surface area contributed by atoms with E-state index in [1.165, 1.54) is 13.4 Å². The van der Waals surface area contributed by atoms with Gasteiger partial charge in [0.15, 0.2) is 6.61 Å². The molecule has 0 saturated heterocycles. The highest BCUT2D eigenvalue weighted by Gasteiger charge is 2.17. The number of carbonyl (C=O) groups is 1. The summed E-state index contributed by atoms with van der Waals surface area (Å²) in [4.78, 5) is 33.6. The summed E-state index contributed by atoms with van der Waals surface area (Å²) in [6.07, 6.45) is 1.29. The fourth-order valence-corrected chi connectivity index (χ4v) is 3.46. The molecular weight excluding hydrogens is 444 g/mol. The number of benzene rings is 2. The molecule has 0 aliphatic heterocycles. The van der Waals surface area contributed by atoms with Crippen LogP contribution in [0.4, 0.5) is 0 Å². The lowest BCUT2D eigenvalue weighted by atomic mass is 10.2. The van der Waals surface area contributed by atoms with E-state index in [0.717, 1.165) is 9.95 Å². The van der Waals surface area contributed by atoms with E-state index in [1.807, 2.05) is 12.1 Å². The van der Waals surface area contributed by atoms with Crippen molar-refractivity contribution in [1.29, 1.82) is 0 Å². The average Bonchev–Trinajstić information content (AvgIpc) is 3.49. The Morgan fingerprint density at radius 2 is 1.97 bits per heavy atom. The smallest absolute Gasteiger partial charge is 0.326 e. The molecule has 172 valence electrons. The van der Waals surface area contributed by atoms with Gasteiger partial charge >= 0.3 is 5.97 Å². The van der Waals surface area contributed by atoms with E-state index in [4.69, 9.17) is 23.2 Å². The molecule has 0 atom stereocenters. The Kier molecular flexibility index (Phi) is 5.42. The van der Waals surface area contributed by atoms with Crippen molar-refractivity contribution in [2.24, 2.45) is 0 Å². The van der Waals surface area contributed by atoms with E-state index in [0.29, 0.717) is 28.2 Å². The molecule has 0 spiro atoms. The number of carbonyl (C=O) groups excluding carboxylic acids is 1. The number of esters is 1. The van der Waals surface area contributed by atoms with Crippen molar-refractivity contribution in [1.82, 2.24) is 19.7 Å². The number of para-hydroxylation sites is 1. The minimum Gasteiger partial charge on any atom is -0.497 e. The second-order valence-electron chi connectivity index (χ2n) is 7.19. The van der Waals surface area contributed by atoms with Gasteiger partial charge in [-0.3, -0.25) is 14.2 Å². The number of aromatic nitrogens is 4. The van der Waals surface area contributed by atoms with Crippen LogP contribution in [0.15, 0.2) is 62.5 Å². The largest absolute Gasteiger partial charge is 0.497 e. The highest BCUT2D eigenvalue weighted by atomic mass is 16.6. The van der Waals surface area contributed by atoms with Gasteiger partial charge < -0.3 is 23.2 Å². The molecular formula is C23H18N4O7. The van der Waals surface area contributed by atoms with E-state index >= 15 is 0 Å². The molecule has 34 heavy (non-hydrogen) atoms. The summed E-state index contributed by atoms with van der Waals surface area (Å²) < 4.78 is 27.6. The van der Waals surface area contributed by atoms with Crippen molar-refractivity contribution in [3.05, 3.63) is 65.0 Å². The Morgan fingerprint density at radius 1 is 1.12 bits per heavy atom. The molecule has 2 aromatic carbocycles. The number of furan rings is 1. The van der Waals surface area contributed by atoms with Crippen molar-refractivity contribution >= 4 is 28.0 Å². The fraction of sp³-hybridized carbons (Fsp3) is 0.174. The third-order valence-corrected chi connectivity index (χ3v) is 5.12. The van der Waals surface area contributed by atoms with Crippen LogP contribution in [0.5, 0.6) is 11.5 Å². The van der Waals surface area contributed by atoms with Crippen LogP contribution in [0.3, 0.4) is 0 Å². The third kappa shape index (κ3) is 3.83. The van der Waals surface area contributed by atoms with Gasteiger partial charge in [0.1, 0.15) is 29.1 Å². The number of nitrogens with zero attached hydrogens (tertiary/aromatic N) is 4. The molecule has 5 rings (SSSR count). The van der Waals surface area contributed by atoms with Gasteiger partial charge in [0, 0.05) is 11.5 Å². The summed E-state index contributed by atoms with van der Waals surface area (Å²) in [5, 5.41) is 4.63. The first-order chi connectivity index (χ1) is 16.6. The number of hydrogen-bond donors (Lipinski definition) is 0. The summed E-state index contributed by atoms with van der Waals surface area (Å²) in [6, 6.07) is 12.3. The summed E-state index contributed by atoms with van der Waals surface area (Å²) >= 11 is 0. The average molecular weight is 462 g/mol. The minimum atomic E-state index is -0.680. The Balaban J connectivity index is 1.28. The predicted molar refractivity (Wildman–Crippen MR) is 118 cm³/mol. The van der Waals surface area contributed by atoms with Gasteiger partial charge in [0.05, 0.1) is 26.1 Å². The topological polar surface area (TPSA) is 132 Å². The van der Waals surface area contributed by atoms with E-state index in [1.54, 1.807) is 37.4 Å². The molecule has 0 saturated carbocycles. The zero-order valence-corrected chi connectivity index (χ0v) is 18.2. The number of rotatable bonds is 7. The Labute approximate surface area is 191 Å². The maximum Gasteiger partial charge on any atom is 0.326 e. The zero-order chi connectivity index (χ0) is 23.7. The van der Waals surface area contributed by atoms with E-state index in [-0.39, 0.29) is 30.4 Å². The SMILES string of the molecule is COc1ccc(-c2noc(COC(=O)Cn3cnc4c(oc5ccccc54)c3=O)n2)c(OC)c1. The highest BCUT2D eigenvalue weighted by Crippen LogP contribution is 2.31. The molecule has 0 fully saturated rings. The van der Waals surface area contributed by atoms with Crippen molar-refractivity contribution in [3.8, 4) is 22.9 Å². The lowest BCUT2D eigenvalue weighted by Crippen LogP contribution is -2.25. The zero-order valence-electron chi connectivity index (χ0n) is 18.2. The maximum atomic E-state index is 12.7. The lowest BCUT2D eigenvalue weighted by Gasteiger charge is -2.07. The van der Waals surface area contributed by atoms with Crippen molar-refractivity contribution in [2.75, 3.05) is 14.2 Å². The molecule has 11 nitrogen and oxygen atoms in total. The van der Waals surface area contributed by atoms with E-state index < -0.39 is 11.5 Å². The molecule has 3 aromatic heterocycles. The first kappa shape index (κ1) is 21.2. The van der Waals surface area contributed by atoms with Crippen LogP contribution < -0.4 is 15.0 Å². The quantitative estimate of drug-likeness (QED) is 0.333. The lowest BCUT2D eigenvalue weighted by molar-refractivity contribution is -0.146. The van der Waals surface area contributed by atoms with Gasteiger partial charge in [0.2, 0.25) is 11.4 Å². The first-order valence-electron chi connectivity index (χ1n) is 10.1. The van der Waals surface area contributed by atoms with Crippen LogP contribution in [0.2, 0.25) is 0 Å². The van der Waals surface area contributed by atoms with Crippen molar-refractivity contribution in [3.63, 3.8) is 0 Å². The number of methoxy groups -OCH3 is 2. The van der Waals surface area contributed by atoms with Gasteiger partial charge in [-0.25, -0.2) is 4.98 Å². The molecule has 0 N–H and O–H groups in total. The first-order valence-corrected chi connectivity index (χ1v) is 10.1. The minimum absolute atomic E-state index is 0.0754. The van der Waals surface area contributed by atoms with Crippen molar-refractivity contribution in [2.45, 2.75) is 13.2 Å². The number of ether oxygens (including phenoxy) is 3. The molecule has 0 radical (unpaired) electrons. The van der Waals surface area contributed by atoms with Gasteiger partial charge in [-0.15, -0.1) is 0 Å². The summed E-state index contributed by atoms with van der Waals surface area (Å²) in [6.45, 7) is -0.620. The van der Waals surface area contributed by atoms with Gasteiger partial charge in [-0.05, 0) is 24.3 Å². The van der Waals surface area contributed by atoms with Crippen LogP contribution in [0.25, 0.3) is 33.5 Å². The van der Waals surface area contributed by atoms with Gasteiger partial charge in [0.25, 0.3) is 11.4 Å². The van der Waals surface area contributed by atoms with Crippen LogP contribution in [0, 0.1) is 0 Å². The normalized spacial score (nSPS) is 11.1. The summed E-state index contributed by atoms with van der Waals surface area (Å²) in [5.74, 6) is 0.780. The number of hydrogen-bond acceptors (Lipinski definition) is 10. The van der Waals surface area contributed by atoms with Gasteiger partial charge in [-0.1, -0.05) is 17.3 Å². The second-order valence-corrected chi connectivity index (χ2v) is 7.19. The molecule has 0 amide bonds. The maximum absolute atomic E-state index is 12.7. The van der Waals surface area contributed by atoms with Crippen LogP contribution in [-0.2, 0) is 22.7 Å². The van der Waals surface area contributed by atoms with E-state index in [9.17, 15) is 9.59 Å². The predicted octanol–water partition coefficient (Wildman–Crippen LogP) is 2.95. The van der Waals surface area contributed by atoms with Crippen LogP contribution in [-0.4, -0.2) is 39.9 Å². The van der Waals surface area contributed by atoms with Crippen LogP contribution in [0.1, 0.15) is 5.89 Å². The Morgan fingerprint density at radius 3 is 2.79 bits per heavy atom. The fourth-order valence-electron chi connectivity index (χ4n) is 3.46. The highest BCUT2D eigenvalue weighted by molar-refractivity contribution is 6.01. The molecule has 0 bridgehead atoms. The summed E-state index contributed by atoms with van der Waals surface area (Å²) in [5.41, 5.74) is 1.17. The second kappa shape index (κ2) is 8.70. The Bertz CT molecular complexity index is 1570. The third-order valence-electron chi connectivity index (χ3n) is 5.12. The molecule has 5 aromatic rings. The van der Waals surface area contributed by atoms with E-state index in [2.05, 4.69) is 15.1 Å². The summed E-state index contributed by atoms with van der Waals surface area (Å²) in [7, 11) is 3.06. The molecule has 11 heteroatoms. The standard InChI is InChI=1S/C23H18N4O7/c1-30-13-7-8-15(17(9-13)31-2)22-25-18(34-26-22)11-32-19(28)10-27-12-24-20-14-5-3-4-6-16(14)33-21(20)23(27)29/h3-9,12H,10-11H2,1-2H3. The molecule has 3 heterocycles. The molecule has 0 aliphatic rings. The van der Waals surface area contributed by atoms with Crippen LogP contribution >= 0.6 is 0 Å². The van der Waals surface area contributed by atoms with Crippen molar-refractivity contribution < 1.29 is 27.9 Å².